The topological polar surface area (TPSA) is 9.23 Å². The summed E-state index contributed by atoms with van der Waals surface area (Å²) < 4.78 is 5.78. The Morgan fingerprint density at radius 2 is 1.86 bits per heavy atom. The standard InChI is InChI=1S/C12H26OSi/c1-5-7-8-9-10-11-12-14(3,4)13-6-2/h5,7H,6,8-12H2,1-4H3. The normalized spacial score (nSPS) is 12.6. The van der Waals surface area contributed by atoms with Crippen molar-refractivity contribution < 1.29 is 4.43 Å². The van der Waals surface area contributed by atoms with Crippen LogP contribution in [0.25, 0.3) is 0 Å². The maximum atomic E-state index is 5.78. The Balaban J connectivity index is 3.34. The van der Waals surface area contributed by atoms with Gasteiger partial charge in [-0.15, -0.1) is 0 Å². The Morgan fingerprint density at radius 1 is 1.14 bits per heavy atom. The lowest BCUT2D eigenvalue weighted by Gasteiger charge is -2.21. The molecule has 0 aromatic heterocycles. The van der Waals surface area contributed by atoms with Crippen molar-refractivity contribution in [2.24, 2.45) is 0 Å². The highest BCUT2D eigenvalue weighted by atomic mass is 28.4. The number of hydrogen-bond donors (Lipinski definition) is 0. The summed E-state index contributed by atoms with van der Waals surface area (Å²) in [4.78, 5) is 0. The molecule has 84 valence electrons. The van der Waals surface area contributed by atoms with Gasteiger partial charge in [0.2, 0.25) is 0 Å². The maximum Gasteiger partial charge on any atom is 0.186 e. The summed E-state index contributed by atoms with van der Waals surface area (Å²) in [6, 6.07) is 1.32. The first-order valence-corrected chi connectivity index (χ1v) is 8.99. The fraction of sp³-hybridized carbons (Fsp3) is 0.833. The van der Waals surface area contributed by atoms with Crippen LogP contribution in [0, 0.1) is 0 Å². The molecular formula is C12H26OSi. The molecule has 0 fully saturated rings. The van der Waals surface area contributed by atoms with Crippen molar-refractivity contribution in [2.75, 3.05) is 6.61 Å². The highest BCUT2D eigenvalue weighted by molar-refractivity contribution is 6.71. The second-order valence-corrected chi connectivity index (χ2v) is 8.67. The first kappa shape index (κ1) is 13.9. The van der Waals surface area contributed by atoms with E-state index in [1.807, 2.05) is 0 Å². The minimum absolute atomic E-state index is 0.887. The van der Waals surface area contributed by atoms with E-state index in [9.17, 15) is 0 Å². The van der Waals surface area contributed by atoms with Gasteiger partial charge in [0.25, 0.3) is 0 Å². The van der Waals surface area contributed by atoms with Crippen LogP contribution in [0.2, 0.25) is 19.1 Å². The van der Waals surface area contributed by atoms with E-state index in [-0.39, 0.29) is 0 Å². The van der Waals surface area contributed by atoms with Gasteiger partial charge in [0.1, 0.15) is 0 Å². The van der Waals surface area contributed by atoms with E-state index >= 15 is 0 Å². The van der Waals surface area contributed by atoms with Gasteiger partial charge in [0, 0.05) is 6.61 Å². The minimum atomic E-state index is -1.29. The van der Waals surface area contributed by atoms with Crippen LogP contribution in [0.15, 0.2) is 12.2 Å². The van der Waals surface area contributed by atoms with Crippen LogP contribution in [0.5, 0.6) is 0 Å². The third kappa shape index (κ3) is 8.51. The molecular weight excluding hydrogens is 188 g/mol. The Hall–Kier alpha value is -0.0831. The molecule has 0 aliphatic heterocycles. The monoisotopic (exact) mass is 214 g/mol. The summed E-state index contributed by atoms with van der Waals surface area (Å²) in [5.74, 6) is 0. The predicted octanol–water partition coefficient (Wildman–Crippen LogP) is 4.36. The highest BCUT2D eigenvalue weighted by Gasteiger charge is 2.20. The van der Waals surface area contributed by atoms with Crippen molar-refractivity contribution >= 4 is 8.32 Å². The molecule has 0 aliphatic carbocycles. The molecule has 14 heavy (non-hydrogen) atoms. The summed E-state index contributed by atoms with van der Waals surface area (Å²) in [6.07, 6.45) is 9.67. The molecule has 0 radical (unpaired) electrons. The molecule has 0 amide bonds. The van der Waals surface area contributed by atoms with Crippen LogP contribution in [-0.2, 0) is 4.43 Å². The zero-order valence-corrected chi connectivity index (χ0v) is 11.3. The average Bonchev–Trinajstić information content (AvgIpc) is 2.11. The summed E-state index contributed by atoms with van der Waals surface area (Å²) >= 11 is 0. The zero-order valence-electron chi connectivity index (χ0n) is 10.3. The first-order valence-electron chi connectivity index (χ1n) is 5.87. The summed E-state index contributed by atoms with van der Waals surface area (Å²) in [7, 11) is -1.29. The highest BCUT2D eigenvalue weighted by Crippen LogP contribution is 2.16. The third-order valence-corrected chi connectivity index (χ3v) is 5.05. The SMILES string of the molecule is CC=CCCCCC[Si](C)(C)OCC. The van der Waals surface area contributed by atoms with E-state index in [0.717, 1.165) is 6.61 Å². The quantitative estimate of drug-likeness (QED) is 0.331. The Kier molecular flexibility index (Phi) is 8.19. The van der Waals surface area contributed by atoms with Crippen LogP contribution in [-0.4, -0.2) is 14.9 Å². The largest absolute Gasteiger partial charge is 0.418 e. The lowest BCUT2D eigenvalue weighted by Crippen LogP contribution is -2.29. The number of hydrogen-bond acceptors (Lipinski definition) is 1. The van der Waals surface area contributed by atoms with Gasteiger partial charge in [-0.25, -0.2) is 0 Å². The van der Waals surface area contributed by atoms with E-state index in [1.54, 1.807) is 0 Å². The van der Waals surface area contributed by atoms with E-state index in [2.05, 4.69) is 39.1 Å². The second kappa shape index (κ2) is 8.24. The molecule has 0 aliphatic rings. The van der Waals surface area contributed by atoms with E-state index < -0.39 is 8.32 Å². The molecule has 0 unspecified atom stereocenters. The van der Waals surface area contributed by atoms with Crippen molar-refractivity contribution in [3.8, 4) is 0 Å². The van der Waals surface area contributed by atoms with Gasteiger partial charge >= 0.3 is 0 Å². The summed E-state index contributed by atoms with van der Waals surface area (Å²) in [5, 5.41) is 0. The van der Waals surface area contributed by atoms with Crippen molar-refractivity contribution in [1.29, 1.82) is 0 Å². The van der Waals surface area contributed by atoms with E-state index in [4.69, 9.17) is 4.43 Å². The molecule has 0 atom stereocenters. The maximum absolute atomic E-state index is 5.78. The van der Waals surface area contributed by atoms with Gasteiger partial charge in [-0.2, -0.15) is 0 Å². The van der Waals surface area contributed by atoms with Gasteiger partial charge in [0.05, 0.1) is 0 Å². The summed E-state index contributed by atoms with van der Waals surface area (Å²) in [5.41, 5.74) is 0. The van der Waals surface area contributed by atoms with E-state index in [0.29, 0.717) is 0 Å². The van der Waals surface area contributed by atoms with Crippen LogP contribution in [0.3, 0.4) is 0 Å². The molecule has 0 spiro atoms. The van der Waals surface area contributed by atoms with Gasteiger partial charge < -0.3 is 4.43 Å². The average molecular weight is 214 g/mol. The summed E-state index contributed by atoms with van der Waals surface area (Å²) in [6.45, 7) is 9.72. The van der Waals surface area contributed by atoms with Crippen LogP contribution >= 0.6 is 0 Å². The van der Waals surface area contributed by atoms with Gasteiger partial charge in [0.15, 0.2) is 8.32 Å². The molecule has 0 rings (SSSR count). The number of rotatable bonds is 8. The zero-order chi connectivity index (χ0) is 10.9. The molecule has 0 aromatic rings. The molecule has 0 heterocycles. The molecule has 0 aromatic carbocycles. The van der Waals surface area contributed by atoms with Gasteiger partial charge in [-0.1, -0.05) is 25.0 Å². The van der Waals surface area contributed by atoms with Gasteiger partial charge in [-0.3, -0.25) is 0 Å². The molecule has 0 bridgehead atoms. The molecule has 1 nitrogen and oxygen atoms in total. The lowest BCUT2D eigenvalue weighted by atomic mass is 10.2. The van der Waals surface area contributed by atoms with Crippen molar-refractivity contribution in [3.05, 3.63) is 12.2 Å². The molecule has 0 saturated heterocycles. The predicted molar refractivity (Wildman–Crippen MR) is 67.2 cm³/mol. The smallest absolute Gasteiger partial charge is 0.186 e. The number of allylic oxidation sites excluding steroid dienone is 2. The molecule has 0 N–H and O–H groups in total. The fourth-order valence-electron chi connectivity index (χ4n) is 1.62. The van der Waals surface area contributed by atoms with E-state index in [1.165, 1.54) is 31.7 Å². The third-order valence-electron chi connectivity index (χ3n) is 2.42. The van der Waals surface area contributed by atoms with Crippen molar-refractivity contribution in [3.63, 3.8) is 0 Å². The number of unbranched alkanes of at least 4 members (excludes halogenated alkanes) is 3. The van der Waals surface area contributed by atoms with Gasteiger partial charge in [-0.05, 0) is 45.8 Å². The van der Waals surface area contributed by atoms with Crippen molar-refractivity contribution in [1.82, 2.24) is 0 Å². The van der Waals surface area contributed by atoms with Crippen LogP contribution in [0.4, 0.5) is 0 Å². The Bertz CT molecular complexity index is 152. The lowest BCUT2D eigenvalue weighted by molar-refractivity contribution is 0.327. The molecule has 2 heteroatoms. The second-order valence-electron chi connectivity index (χ2n) is 4.36. The Morgan fingerprint density at radius 3 is 2.43 bits per heavy atom. The first-order chi connectivity index (χ1) is 6.62. The minimum Gasteiger partial charge on any atom is -0.418 e. The van der Waals surface area contributed by atoms with Crippen molar-refractivity contribution in [2.45, 2.75) is 58.7 Å². The molecule has 0 saturated carbocycles. The fourth-order valence-corrected chi connectivity index (χ4v) is 3.65. The van der Waals surface area contributed by atoms with Crippen LogP contribution in [0.1, 0.15) is 39.5 Å². The van der Waals surface area contributed by atoms with Crippen LogP contribution < -0.4 is 0 Å². The Labute approximate surface area is 90.7 Å².